The lowest BCUT2D eigenvalue weighted by Crippen LogP contribution is -2.31. The normalized spacial score (nSPS) is 39.1. The minimum atomic E-state index is 0.355. The fourth-order valence-electron chi connectivity index (χ4n) is 3.62. The van der Waals surface area contributed by atoms with Crippen LogP contribution in [0, 0.1) is 17.3 Å². The van der Waals surface area contributed by atoms with Crippen molar-refractivity contribution in [2.75, 3.05) is 6.61 Å². The van der Waals surface area contributed by atoms with Crippen LogP contribution in [-0.2, 0) is 0 Å². The summed E-state index contributed by atoms with van der Waals surface area (Å²) in [4.78, 5) is 0. The molecule has 0 aromatic carbocycles. The number of rotatable bonds is 2. The van der Waals surface area contributed by atoms with E-state index in [2.05, 4.69) is 19.9 Å². The standard InChI is InChI=1S/C13H22O/c1-10(9-14)12-7-6-11-5-3-4-8-13(11,12)2/h5,10,12,14H,3-4,6-9H2,1-2H3/t10-,12-,13+/m1/s1. The van der Waals surface area contributed by atoms with Crippen LogP contribution >= 0.6 is 0 Å². The monoisotopic (exact) mass is 194 g/mol. The van der Waals surface area contributed by atoms with E-state index in [1.54, 1.807) is 5.57 Å². The Morgan fingerprint density at radius 3 is 3.14 bits per heavy atom. The second kappa shape index (κ2) is 3.69. The number of fused-ring (bicyclic) bond motifs is 1. The lowest BCUT2D eigenvalue weighted by molar-refractivity contribution is 0.117. The van der Waals surface area contributed by atoms with Gasteiger partial charge in [-0.05, 0) is 49.4 Å². The average Bonchev–Trinajstić information content (AvgIpc) is 2.54. The smallest absolute Gasteiger partial charge is 0.0459 e. The molecule has 1 N–H and O–H groups in total. The molecule has 0 spiro atoms. The summed E-state index contributed by atoms with van der Waals surface area (Å²) in [5, 5.41) is 9.28. The lowest BCUT2D eigenvalue weighted by Gasteiger charge is -2.38. The third kappa shape index (κ3) is 1.42. The summed E-state index contributed by atoms with van der Waals surface area (Å²) in [5.74, 6) is 1.20. The Morgan fingerprint density at radius 2 is 2.43 bits per heavy atom. The molecule has 0 radical (unpaired) electrons. The third-order valence-corrected chi connectivity index (χ3v) is 4.54. The van der Waals surface area contributed by atoms with Crippen molar-refractivity contribution in [3.63, 3.8) is 0 Å². The number of hydrogen-bond donors (Lipinski definition) is 1. The topological polar surface area (TPSA) is 20.2 Å². The van der Waals surface area contributed by atoms with Crippen molar-refractivity contribution in [3.8, 4) is 0 Å². The first-order valence-electron chi connectivity index (χ1n) is 5.99. The molecule has 2 aliphatic rings. The predicted molar refractivity (Wildman–Crippen MR) is 59.0 cm³/mol. The van der Waals surface area contributed by atoms with Crippen LogP contribution in [0.15, 0.2) is 11.6 Å². The van der Waals surface area contributed by atoms with Crippen LogP contribution in [0.3, 0.4) is 0 Å². The maximum absolute atomic E-state index is 9.28. The van der Waals surface area contributed by atoms with E-state index < -0.39 is 0 Å². The van der Waals surface area contributed by atoms with Gasteiger partial charge in [-0.2, -0.15) is 0 Å². The molecular weight excluding hydrogens is 172 g/mol. The lowest BCUT2D eigenvalue weighted by atomic mass is 9.67. The van der Waals surface area contributed by atoms with Gasteiger partial charge < -0.3 is 5.11 Å². The van der Waals surface area contributed by atoms with Gasteiger partial charge in [0.2, 0.25) is 0 Å². The Balaban J connectivity index is 2.22. The third-order valence-electron chi connectivity index (χ3n) is 4.54. The maximum Gasteiger partial charge on any atom is 0.0459 e. The summed E-state index contributed by atoms with van der Waals surface area (Å²) in [6, 6.07) is 0. The number of hydrogen-bond acceptors (Lipinski definition) is 1. The molecule has 0 heterocycles. The van der Waals surface area contributed by atoms with Crippen LogP contribution in [-0.4, -0.2) is 11.7 Å². The Kier molecular flexibility index (Phi) is 2.70. The highest BCUT2D eigenvalue weighted by Gasteiger charge is 2.44. The van der Waals surface area contributed by atoms with Gasteiger partial charge in [0.25, 0.3) is 0 Å². The summed E-state index contributed by atoms with van der Waals surface area (Å²) in [6.07, 6.45) is 9.01. The highest BCUT2D eigenvalue weighted by atomic mass is 16.3. The minimum absolute atomic E-state index is 0.355. The van der Waals surface area contributed by atoms with Crippen molar-refractivity contribution in [3.05, 3.63) is 11.6 Å². The molecule has 80 valence electrons. The first-order valence-corrected chi connectivity index (χ1v) is 5.99. The molecular formula is C13H22O. The number of aliphatic hydroxyl groups excluding tert-OH is 1. The molecule has 1 nitrogen and oxygen atoms in total. The SMILES string of the molecule is C[C@H](CO)[C@H]1CCC2=CCCC[C@@]21C. The Labute approximate surface area is 87.2 Å². The van der Waals surface area contributed by atoms with Crippen molar-refractivity contribution >= 4 is 0 Å². The second-order valence-electron chi connectivity index (χ2n) is 5.34. The molecule has 0 unspecified atom stereocenters. The number of allylic oxidation sites excluding steroid dienone is 2. The van der Waals surface area contributed by atoms with Gasteiger partial charge in [-0.1, -0.05) is 25.5 Å². The fourth-order valence-corrected chi connectivity index (χ4v) is 3.62. The molecule has 0 amide bonds. The molecule has 0 aromatic rings. The molecule has 0 saturated heterocycles. The van der Waals surface area contributed by atoms with Crippen LogP contribution in [0.4, 0.5) is 0 Å². The van der Waals surface area contributed by atoms with Gasteiger partial charge in [-0.3, -0.25) is 0 Å². The second-order valence-corrected chi connectivity index (χ2v) is 5.34. The summed E-state index contributed by atoms with van der Waals surface area (Å²) in [6.45, 7) is 4.98. The Morgan fingerprint density at radius 1 is 1.64 bits per heavy atom. The van der Waals surface area contributed by atoms with Crippen molar-refractivity contribution < 1.29 is 5.11 Å². The van der Waals surface area contributed by atoms with E-state index in [0.29, 0.717) is 17.9 Å². The molecule has 2 aliphatic carbocycles. The Bertz CT molecular complexity index is 244. The molecule has 1 fully saturated rings. The fraction of sp³-hybridized carbons (Fsp3) is 0.846. The molecule has 1 heteroatoms. The van der Waals surface area contributed by atoms with E-state index in [-0.39, 0.29) is 0 Å². The first-order chi connectivity index (χ1) is 6.68. The van der Waals surface area contributed by atoms with Crippen molar-refractivity contribution in [2.45, 2.75) is 46.0 Å². The van der Waals surface area contributed by atoms with E-state index in [1.807, 2.05) is 0 Å². The van der Waals surface area contributed by atoms with E-state index >= 15 is 0 Å². The molecule has 2 rings (SSSR count). The van der Waals surface area contributed by atoms with Gasteiger partial charge >= 0.3 is 0 Å². The van der Waals surface area contributed by atoms with Gasteiger partial charge in [0.05, 0.1) is 0 Å². The minimum Gasteiger partial charge on any atom is -0.396 e. The first kappa shape index (κ1) is 10.2. The molecule has 0 aromatic heterocycles. The zero-order valence-corrected chi connectivity index (χ0v) is 9.42. The van der Waals surface area contributed by atoms with E-state index in [4.69, 9.17) is 0 Å². The zero-order valence-electron chi connectivity index (χ0n) is 9.42. The largest absolute Gasteiger partial charge is 0.396 e. The highest BCUT2D eigenvalue weighted by molar-refractivity contribution is 5.23. The van der Waals surface area contributed by atoms with Crippen molar-refractivity contribution in [1.82, 2.24) is 0 Å². The van der Waals surface area contributed by atoms with Gasteiger partial charge in [0.15, 0.2) is 0 Å². The van der Waals surface area contributed by atoms with Crippen LogP contribution in [0.1, 0.15) is 46.0 Å². The summed E-state index contributed by atoms with van der Waals surface area (Å²) < 4.78 is 0. The van der Waals surface area contributed by atoms with Crippen molar-refractivity contribution in [2.24, 2.45) is 17.3 Å². The number of aliphatic hydroxyl groups is 1. The molecule has 0 aliphatic heterocycles. The van der Waals surface area contributed by atoms with Gasteiger partial charge in [0.1, 0.15) is 0 Å². The van der Waals surface area contributed by atoms with Gasteiger partial charge in [-0.15, -0.1) is 0 Å². The van der Waals surface area contributed by atoms with E-state index in [0.717, 1.165) is 5.92 Å². The highest BCUT2D eigenvalue weighted by Crippen LogP contribution is 2.55. The maximum atomic E-state index is 9.28. The van der Waals surface area contributed by atoms with E-state index in [1.165, 1.54) is 32.1 Å². The van der Waals surface area contributed by atoms with Crippen LogP contribution in [0.2, 0.25) is 0 Å². The summed E-state index contributed by atoms with van der Waals surface area (Å²) >= 11 is 0. The van der Waals surface area contributed by atoms with Crippen molar-refractivity contribution in [1.29, 1.82) is 0 Å². The van der Waals surface area contributed by atoms with Gasteiger partial charge in [0, 0.05) is 6.61 Å². The van der Waals surface area contributed by atoms with Crippen LogP contribution < -0.4 is 0 Å². The molecule has 14 heavy (non-hydrogen) atoms. The zero-order chi connectivity index (χ0) is 10.2. The van der Waals surface area contributed by atoms with Crippen LogP contribution in [0.5, 0.6) is 0 Å². The van der Waals surface area contributed by atoms with Gasteiger partial charge in [-0.25, -0.2) is 0 Å². The quantitative estimate of drug-likeness (QED) is 0.670. The Hall–Kier alpha value is -0.300. The summed E-state index contributed by atoms with van der Waals surface area (Å²) in [5.41, 5.74) is 2.12. The molecule has 1 saturated carbocycles. The average molecular weight is 194 g/mol. The molecule has 0 bridgehead atoms. The predicted octanol–water partition coefficient (Wildman–Crippen LogP) is 3.14. The van der Waals surface area contributed by atoms with Crippen LogP contribution in [0.25, 0.3) is 0 Å². The summed E-state index contributed by atoms with van der Waals surface area (Å²) in [7, 11) is 0. The van der Waals surface area contributed by atoms with E-state index in [9.17, 15) is 5.11 Å². The molecule has 3 atom stereocenters.